The van der Waals surface area contributed by atoms with Gasteiger partial charge in [-0.3, -0.25) is 4.99 Å². The van der Waals surface area contributed by atoms with Gasteiger partial charge in [0.25, 0.3) is 0 Å². The van der Waals surface area contributed by atoms with Crippen LogP contribution in [-0.2, 0) is 4.74 Å². The second-order valence-corrected chi connectivity index (χ2v) is 8.84. The second-order valence-electron chi connectivity index (χ2n) is 8.84. The first-order chi connectivity index (χ1) is 11.9. The van der Waals surface area contributed by atoms with E-state index in [9.17, 15) is 4.79 Å². The topological polar surface area (TPSA) is 66.0 Å². The van der Waals surface area contributed by atoms with Crippen LogP contribution in [0.15, 0.2) is 4.99 Å². The van der Waals surface area contributed by atoms with E-state index in [0.29, 0.717) is 0 Å². The lowest BCUT2D eigenvalue weighted by Gasteiger charge is -2.25. The van der Waals surface area contributed by atoms with Crippen molar-refractivity contribution in [3.63, 3.8) is 0 Å². The highest BCUT2D eigenvalue weighted by Crippen LogP contribution is 2.48. The van der Waals surface area contributed by atoms with Gasteiger partial charge in [-0.2, -0.15) is 0 Å². The van der Waals surface area contributed by atoms with Crippen molar-refractivity contribution in [2.75, 3.05) is 26.7 Å². The predicted molar refractivity (Wildman–Crippen MR) is 99.6 cm³/mol. The van der Waals surface area contributed by atoms with Crippen molar-refractivity contribution < 1.29 is 9.53 Å². The molecule has 0 spiro atoms. The Morgan fingerprint density at radius 1 is 1.20 bits per heavy atom. The molecule has 2 saturated carbocycles. The number of aliphatic imine (C=N–C) groups is 1. The number of guanidine groups is 1. The Labute approximate surface area is 151 Å². The Bertz CT molecular complexity index is 494. The zero-order valence-electron chi connectivity index (χ0n) is 16.2. The summed E-state index contributed by atoms with van der Waals surface area (Å²) >= 11 is 0. The van der Waals surface area contributed by atoms with Crippen LogP contribution in [-0.4, -0.2) is 55.3 Å². The van der Waals surface area contributed by atoms with Gasteiger partial charge >= 0.3 is 6.09 Å². The molecule has 142 valence electrons. The number of hydrogen-bond donors (Lipinski definition) is 2. The van der Waals surface area contributed by atoms with E-state index in [1.807, 2.05) is 27.8 Å². The van der Waals surface area contributed by atoms with Crippen LogP contribution in [0.1, 0.15) is 52.9 Å². The number of alkyl carbamates (subject to hydrolysis) is 1. The van der Waals surface area contributed by atoms with E-state index < -0.39 is 5.60 Å². The number of amides is 1. The Hall–Kier alpha value is -1.46. The van der Waals surface area contributed by atoms with Crippen LogP contribution >= 0.6 is 0 Å². The summed E-state index contributed by atoms with van der Waals surface area (Å²) in [6, 6.07) is 0.121. The fourth-order valence-electron chi connectivity index (χ4n) is 3.85. The van der Waals surface area contributed by atoms with Gasteiger partial charge in [-0.25, -0.2) is 4.79 Å². The second kappa shape index (κ2) is 7.42. The maximum atomic E-state index is 11.9. The minimum atomic E-state index is -0.458. The summed E-state index contributed by atoms with van der Waals surface area (Å²) in [5.41, 5.74) is -0.458. The molecule has 0 aromatic heterocycles. The quantitative estimate of drug-likeness (QED) is 0.591. The molecular formula is C19H34N4O2. The molecule has 6 heteroatoms. The predicted octanol–water partition coefficient (Wildman–Crippen LogP) is 2.60. The highest BCUT2D eigenvalue weighted by molar-refractivity contribution is 5.80. The SMILES string of the molecule is CN=C(NCC(C1CC1)C1CC1)N1CCC(NC(=O)OC(C)(C)C)C1. The van der Waals surface area contributed by atoms with Crippen molar-refractivity contribution in [1.29, 1.82) is 0 Å². The Balaban J connectivity index is 1.44. The third-order valence-electron chi connectivity index (χ3n) is 5.37. The molecule has 25 heavy (non-hydrogen) atoms. The molecule has 0 radical (unpaired) electrons. The van der Waals surface area contributed by atoms with Crippen molar-refractivity contribution in [2.45, 2.75) is 64.5 Å². The molecule has 6 nitrogen and oxygen atoms in total. The van der Waals surface area contributed by atoms with E-state index in [1.54, 1.807) is 0 Å². The van der Waals surface area contributed by atoms with E-state index in [4.69, 9.17) is 4.74 Å². The van der Waals surface area contributed by atoms with E-state index in [2.05, 4.69) is 20.5 Å². The summed E-state index contributed by atoms with van der Waals surface area (Å²) in [5.74, 6) is 3.69. The number of hydrogen-bond acceptors (Lipinski definition) is 3. The molecule has 0 aromatic carbocycles. The van der Waals surface area contributed by atoms with Crippen molar-refractivity contribution in [1.82, 2.24) is 15.5 Å². The molecule has 2 aliphatic carbocycles. The van der Waals surface area contributed by atoms with Gasteiger partial charge in [0.1, 0.15) is 5.60 Å². The zero-order valence-corrected chi connectivity index (χ0v) is 16.2. The van der Waals surface area contributed by atoms with Crippen LogP contribution in [0.4, 0.5) is 4.79 Å². The third kappa shape index (κ3) is 5.51. The lowest BCUT2D eigenvalue weighted by molar-refractivity contribution is 0.0507. The van der Waals surface area contributed by atoms with Crippen molar-refractivity contribution in [3.8, 4) is 0 Å². The molecule has 3 fully saturated rings. The number of carbonyl (C=O) groups excluding carboxylic acids is 1. The molecular weight excluding hydrogens is 316 g/mol. The lowest BCUT2D eigenvalue weighted by atomic mass is 9.98. The van der Waals surface area contributed by atoms with Gasteiger partial charge in [-0.15, -0.1) is 0 Å². The van der Waals surface area contributed by atoms with Crippen molar-refractivity contribution >= 4 is 12.1 Å². The largest absolute Gasteiger partial charge is 0.444 e. The van der Waals surface area contributed by atoms with Crippen molar-refractivity contribution in [2.24, 2.45) is 22.7 Å². The van der Waals surface area contributed by atoms with Crippen LogP contribution in [0.25, 0.3) is 0 Å². The van der Waals surface area contributed by atoms with Crippen LogP contribution in [0.2, 0.25) is 0 Å². The number of nitrogens with zero attached hydrogens (tertiary/aromatic N) is 2. The number of rotatable bonds is 5. The minimum Gasteiger partial charge on any atom is -0.444 e. The number of likely N-dealkylation sites (tertiary alicyclic amines) is 1. The monoisotopic (exact) mass is 350 g/mol. The number of carbonyl (C=O) groups is 1. The molecule has 2 N–H and O–H groups in total. The first kappa shape index (κ1) is 18.3. The molecule has 3 aliphatic rings. The van der Waals surface area contributed by atoms with Crippen LogP contribution in [0, 0.1) is 17.8 Å². The summed E-state index contributed by atoms with van der Waals surface area (Å²) in [7, 11) is 1.85. The lowest BCUT2D eigenvalue weighted by Crippen LogP contribution is -2.45. The van der Waals surface area contributed by atoms with E-state index >= 15 is 0 Å². The van der Waals surface area contributed by atoms with Gasteiger partial charge in [-0.05, 0) is 70.6 Å². The van der Waals surface area contributed by atoms with Gasteiger partial charge in [0, 0.05) is 26.7 Å². The summed E-state index contributed by atoms with van der Waals surface area (Å²) in [6.45, 7) is 8.40. The molecule has 1 saturated heterocycles. The summed E-state index contributed by atoms with van der Waals surface area (Å²) in [5, 5.41) is 6.58. The van der Waals surface area contributed by atoms with Crippen LogP contribution in [0.5, 0.6) is 0 Å². The smallest absolute Gasteiger partial charge is 0.407 e. The molecule has 1 atom stereocenters. The summed E-state index contributed by atoms with van der Waals surface area (Å²) in [4.78, 5) is 18.7. The molecule has 0 bridgehead atoms. The zero-order chi connectivity index (χ0) is 18.0. The highest BCUT2D eigenvalue weighted by Gasteiger charge is 2.41. The highest BCUT2D eigenvalue weighted by atomic mass is 16.6. The Kier molecular flexibility index (Phi) is 5.44. The maximum Gasteiger partial charge on any atom is 0.407 e. The third-order valence-corrected chi connectivity index (χ3v) is 5.37. The average molecular weight is 351 g/mol. The van der Waals surface area contributed by atoms with Crippen LogP contribution in [0.3, 0.4) is 0 Å². The maximum absolute atomic E-state index is 11.9. The van der Waals surface area contributed by atoms with Gasteiger partial charge < -0.3 is 20.3 Å². The van der Waals surface area contributed by atoms with E-state index in [0.717, 1.165) is 49.8 Å². The molecule has 1 aliphatic heterocycles. The van der Waals surface area contributed by atoms with Gasteiger partial charge in [0.2, 0.25) is 0 Å². The Morgan fingerprint density at radius 3 is 2.36 bits per heavy atom. The summed E-state index contributed by atoms with van der Waals surface area (Å²) < 4.78 is 5.35. The molecule has 1 unspecified atom stereocenters. The van der Waals surface area contributed by atoms with Crippen LogP contribution < -0.4 is 10.6 Å². The molecule has 1 heterocycles. The average Bonchev–Trinajstić information content (AvgIpc) is 3.42. The fourth-order valence-corrected chi connectivity index (χ4v) is 3.85. The first-order valence-corrected chi connectivity index (χ1v) is 9.81. The first-order valence-electron chi connectivity index (χ1n) is 9.81. The van der Waals surface area contributed by atoms with E-state index in [-0.39, 0.29) is 12.1 Å². The van der Waals surface area contributed by atoms with Gasteiger partial charge in [-0.1, -0.05) is 0 Å². The fraction of sp³-hybridized carbons (Fsp3) is 0.895. The normalized spacial score (nSPS) is 24.6. The summed E-state index contributed by atoms with van der Waals surface area (Å²) in [6.07, 6.45) is 6.24. The number of ether oxygens (including phenoxy) is 1. The van der Waals surface area contributed by atoms with Gasteiger partial charge in [0.15, 0.2) is 5.96 Å². The molecule has 1 amide bonds. The standard InChI is InChI=1S/C19H34N4O2/c1-19(2,3)25-18(24)22-15-9-10-23(12-15)17(20-4)21-11-16(13-5-6-13)14-7-8-14/h13-16H,5-12H2,1-4H3,(H,20,21)(H,22,24). The van der Waals surface area contributed by atoms with E-state index in [1.165, 1.54) is 25.7 Å². The molecule has 3 rings (SSSR count). The Morgan fingerprint density at radius 2 is 1.84 bits per heavy atom. The minimum absolute atomic E-state index is 0.121. The molecule has 0 aromatic rings. The number of nitrogens with one attached hydrogen (secondary N) is 2. The van der Waals surface area contributed by atoms with Crippen molar-refractivity contribution in [3.05, 3.63) is 0 Å². The van der Waals surface area contributed by atoms with Gasteiger partial charge in [0.05, 0.1) is 6.04 Å².